The third-order valence-electron chi connectivity index (χ3n) is 3.55. The number of ether oxygens (including phenoxy) is 2. The molecule has 6 heteroatoms. The molecular formula is C18H18FNO3S. The van der Waals surface area contributed by atoms with Crippen molar-refractivity contribution in [1.29, 1.82) is 0 Å². The number of rotatable bonds is 6. The van der Waals surface area contributed by atoms with E-state index >= 15 is 0 Å². The molecule has 3 rings (SSSR count). The molecule has 0 aliphatic carbocycles. The van der Waals surface area contributed by atoms with Gasteiger partial charge in [-0.2, -0.15) is 11.8 Å². The van der Waals surface area contributed by atoms with E-state index in [0.29, 0.717) is 53.9 Å². The van der Waals surface area contributed by atoms with Crippen LogP contribution in [0.25, 0.3) is 0 Å². The summed E-state index contributed by atoms with van der Waals surface area (Å²) in [5, 5.41) is 2.86. The third kappa shape index (κ3) is 4.20. The second-order valence-electron chi connectivity index (χ2n) is 5.26. The Balaban J connectivity index is 1.43. The van der Waals surface area contributed by atoms with Gasteiger partial charge in [0.2, 0.25) is 0 Å². The highest BCUT2D eigenvalue weighted by atomic mass is 32.2. The number of nitrogens with one attached hydrogen (secondary N) is 1. The molecule has 0 unspecified atom stereocenters. The van der Waals surface area contributed by atoms with Crippen molar-refractivity contribution < 1.29 is 18.7 Å². The second kappa shape index (κ2) is 8.06. The van der Waals surface area contributed by atoms with E-state index in [4.69, 9.17) is 9.47 Å². The molecule has 0 fully saturated rings. The first kappa shape index (κ1) is 16.6. The van der Waals surface area contributed by atoms with Gasteiger partial charge in [-0.3, -0.25) is 4.79 Å². The summed E-state index contributed by atoms with van der Waals surface area (Å²) in [4.78, 5) is 12.1. The summed E-state index contributed by atoms with van der Waals surface area (Å²) in [6.45, 7) is 1.54. The number of carbonyl (C=O) groups excluding carboxylic acids is 1. The van der Waals surface area contributed by atoms with Crippen LogP contribution in [-0.4, -0.2) is 31.4 Å². The molecule has 0 bridgehead atoms. The van der Waals surface area contributed by atoms with E-state index in [9.17, 15) is 9.18 Å². The Hall–Kier alpha value is -2.21. The number of amides is 1. The van der Waals surface area contributed by atoms with E-state index in [-0.39, 0.29) is 11.7 Å². The molecule has 4 nitrogen and oxygen atoms in total. The normalized spacial score (nSPS) is 12.7. The predicted molar refractivity (Wildman–Crippen MR) is 92.3 cm³/mol. The number of carbonyl (C=O) groups is 1. The molecule has 0 atom stereocenters. The number of hydrogen-bond donors (Lipinski definition) is 1. The Kier molecular flexibility index (Phi) is 5.59. The molecule has 0 radical (unpaired) electrons. The average Bonchev–Trinajstić information content (AvgIpc) is 2.62. The van der Waals surface area contributed by atoms with Crippen LogP contribution in [0.4, 0.5) is 4.39 Å². The molecule has 24 heavy (non-hydrogen) atoms. The number of benzene rings is 2. The first-order valence-corrected chi connectivity index (χ1v) is 8.88. The van der Waals surface area contributed by atoms with Crippen LogP contribution in [0.1, 0.15) is 15.9 Å². The first-order valence-electron chi connectivity index (χ1n) is 7.73. The van der Waals surface area contributed by atoms with Crippen LogP contribution in [0.5, 0.6) is 11.5 Å². The van der Waals surface area contributed by atoms with Crippen molar-refractivity contribution in [2.24, 2.45) is 0 Å². The van der Waals surface area contributed by atoms with Crippen molar-refractivity contribution in [3.8, 4) is 11.5 Å². The van der Waals surface area contributed by atoms with Crippen LogP contribution in [0, 0.1) is 5.82 Å². The highest BCUT2D eigenvalue weighted by Gasteiger charge is 2.14. The lowest BCUT2D eigenvalue weighted by atomic mass is 10.2. The Morgan fingerprint density at radius 2 is 1.92 bits per heavy atom. The lowest BCUT2D eigenvalue weighted by Gasteiger charge is -2.18. The summed E-state index contributed by atoms with van der Waals surface area (Å²) in [5.41, 5.74) is 1.22. The predicted octanol–water partition coefficient (Wildman–Crippen LogP) is 3.26. The molecule has 1 N–H and O–H groups in total. The maximum atomic E-state index is 13.5. The summed E-state index contributed by atoms with van der Waals surface area (Å²) in [6.07, 6.45) is 0. The van der Waals surface area contributed by atoms with Gasteiger partial charge in [0.05, 0.1) is 0 Å². The standard InChI is InChI=1S/C18H18FNO3S/c19-15-4-2-1-3-14(15)12-24-10-7-20-18(21)13-5-6-16-17(11-13)23-9-8-22-16/h1-6,11H,7-10,12H2,(H,20,21). The molecule has 2 aromatic rings. The Labute approximate surface area is 144 Å². The minimum absolute atomic E-state index is 0.154. The number of hydrogen-bond acceptors (Lipinski definition) is 4. The second-order valence-corrected chi connectivity index (χ2v) is 6.36. The molecule has 2 aromatic carbocycles. The molecule has 0 spiro atoms. The van der Waals surface area contributed by atoms with Crippen molar-refractivity contribution in [1.82, 2.24) is 5.32 Å². The van der Waals surface area contributed by atoms with Crippen molar-refractivity contribution in [2.45, 2.75) is 5.75 Å². The van der Waals surface area contributed by atoms with Crippen LogP contribution in [-0.2, 0) is 5.75 Å². The highest BCUT2D eigenvalue weighted by molar-refractivity contribution is 7.98. The van der Waals surface area contributed by atoms with Gasteiger partial charge in [-0.1, -0.05) is 18.2 Å². The van der Waals surface area contributed by atoms with Gasteiger partial charge in [-0.05, 0) is 29.8 Å². The van der Waals surface area contributed by atoms with E-state index in [1.165, 1.54) is 6.07 Å². The number of thioether (sulfide) groups is 1. The molecule has 1 aliphatic heterocycles. The summed E-state index contributed by atoms with van der Waals surface area (Å²) >= 11 is 1.58. The largest absolute Gasteiger partial charge is 0.486 e. The van der Waals surface area contributed by atoms with Crippen LogP contribution in [0.2, 0.25) is 0 Å². The van der Waals surface area contributed by atoms with Gasteiger partial charge < -0.3 is 14.8 Å². The Morgan fingerprint density at radius 3 is 2.75 bits per heavy atom. The summed E-state index contributed by atoms with van der Waals surface area (Å²) in [6, 6.07) is 11.9. The minimum atomic E-state index is -0.190. The zero-order valence-electron chi connectivity index (χ0n) is 13.1. The van der Waals surface area contributed by atoms with E-state index < -0.39 is 0 Å². The van der Waals surface area contributed by atoms with Gasteiger partial charge in [0.25, 0.3) is 5.91 Å². The smallest absolute Gasteiger partial charge is 0.251 e. The topological polar surface area (TPSA) is 47.6 Å². The van der Waals surface area contributed by atoms with Gasteiger partial charge in [0, 0.05) is 23.6 Å². The van der Waals surface area contributed by atoms with Crippen LogP contribution in [0.3, 0.4) is 0 Å². The maximum Gasteiger partial charge on any atom is 0.251 e. The number of fused-ring (bicyclic) bond motifs is 1. The molecule has 1 heterocycles. The zero-order valence-corrected chi connectivity index (χ0v) is 13.9. The van der Waals surface area contributed by atoms with E-state index in [1.807, 2.05) is 6.07 Å². The van der Waals surface area contributed by atoms with Crippen LogP contribution < -0.4 is 14.8 Å². The minimum Gasteiger partial charge on any atom is -0.486 e. The lowest BCUT2D eigenvalue weighted by Crippen LogP contribution is -2.26. The quantitative estimate of drug-likeness (QED) is 0.815. The summed E-state index contributed by atoms with van der Waals surface area (Å²) in [5.74, 6) is 2.22. The monoisotopic (exact) mass is 347 g/mol. The SMILES string of the molecule is O=C(NCCSCc1ccccc1F)c1ccc2c(c1)OCCO2. The van der Waals surface area contributed by atoms with Crippen LogP contribution >= 0.6 is 11.8 Å². The van der Waals surface area contributed by atoms with Crippen molar-refractivity contribution in [3.05, 3.63) is 59.4 Å². The third-order valence-corrected chi connectivity index (χ3v) is 4.56. The number of halogens is 1. The van der Waals surface area contributed by atoms with E-state index in [2.05, 4.69) is 5.32 Å². The van der Waals surface area contributed by atoms with Gasteiger partial charge >= 0.3 is 0 Å². The molecule has 0 saturated heterocycles. The molecule has 0 aromatic heterocycles. The lowest BCUT2D eigenvalue weighted by molar-refractivity contribution is 0.0955. The Morgan fingerprint density at radius 1 is 1.12 bits per heavy atom. The van der Waals surface area contributed by atoms with Gasteiger partial charge in [0.1, 0.15) is 19.0 Å². The molecule has 0 saturated carbocycles. The van der Waals surface area contributed by atoms with Crippen molar-refractivity contribution in [2.75, 3.05) is 25.5 Å². The van der Waals surface area contributed by atoms with Gasteiger partial charge in [-0.25, -0.2) is 4.39 Å². The van der Waals surface area contributed by atoms with Crippen molar-refractivity contribution in [3.63, 3.8) is 0 Å². The molecule has 1 amide bonds. The molecule has 126 valence electrons. The zero-order chi connectivity index (χ0) is 16.8. The Bertz CT molecular complexity index is 723. The average molecular weight is 347 g/mol. The van der Waals surface area contributed by atoms with E-state index in [1.54, 1.807) is 42.1 Å². The summed E-state index contributed by atoms with van der Waals surface area (Å²) < 4.78 is 24.4. The maximum absolute atomic E-state index is 13.5. The van der Waals surface area contributed by atoms with E-state index in [0.717, 1.165) is 0 Å². The van der Waals surface area contributed by atoms with Crippen molar-refractivity contribution >= 4 is 17.7 Å². The molecular weight excluding hydrogens is 329 g/mol. The fourth-order valence-corrected chi connectivity index (χ4v) is 3.17. The van der Waals surface area contributed by atoms with Gasteiger partial charge in [0.15, 0.2) is 11.5 Å². The fraction of sp³-hybridized carbons (Fsp3) is 0.278. The first-order chi connectivity index (χ1) is 11.7. The van der Waals surface area contributed by atoms with Crippen LogP contribution in [0.15, 0.2) is 42.5 Å². The highest BCUT2D eigenvalue weighted by Crippen LogP contribution is 2.30. The fourth-order valence-electron chi connectivity index (χ4n) is 2.32. The summed E-state index contributed by atoms with van der Waals surface area (Å²) in [7, 11) is 0. The van der Waals surface area contributed by atoms with Gasteiger partial charge in [-0.15, -0.1) is 0 Å². The molecule has 1 aliphatic rings.